The van der Waals surface area contributed by atoms with Gasteiger partial charge in [-0.1, -0.05) is 103 Å². The highest BCUT2D eigenvalue weighted by Gasteiger charge is 2.24. The molecule has 2 saturated heterocycles. The first kappa shape index (κ1) is 30.6. The van der Waals surface area contributed by atoms with Gasteiger partial charge in [0, 0.05) is 32.1 Å². The Bertz CT molecular complexity index is 1270. The predicted octanol–water partition coefficient (Wildman–Crippen LogP) is 6.98. The molecule has 0 spiro atoms. The first-order valence-corrected chi connectivity index (χ1v) is 14.7. The number of amides is 2. The quantitative estimate of drug-likeness (QED) is 0.287. The molecule has 3 aromatic rings. The summed E-state index contributed by atoms with van der Waals surface area (Å²) in [4.78, 5) is 38.3. The van der Waals surface area contributed by atoms with Gasteiger partial charge in [0.1, 0.15) is 19.5 Å². The lowest BCUT2D eigenvalue weighted by atomic mass is 9.97. The summed E-state index contributed by atoms with van der Waals surface area (Å²) in [7, 11) is 0. The number of benzene rings is 3. The average molecular weight is 569 g/mol. The molecule has 220 valence electrons. The van der Waals surface area contributed by atoms with E-state index in [9.17, 15) is 14.4 Å². The first-order valence-electron chi connectivity index (χ1n) is 14.7. The van der Waals surface area contributed by atoms with Crippen molar-refractivity contribution in [2.24, 2.45) is 11.8 Å². The highest BCUT2D eigenvalue weighted by atomic mass is 16.6. The summed E-state index contributed by atoms with van der Waals surface area (Å²) in [6, 6.07) is 29.6. The van der Waals surface area contributed by atoms with Crippen LogP contribution >= 0.6 is 0 Å². The fourth-order valence-electron chi connectivity index (χ4n) is 5.05. The number of carbonyl (C=O) groups excluding carboxylic acids is 3. The van der Waals surface area contributed by atoms with Crippen molar-refractivity contribution in [3.63, 3.8) is 0 Å². The minimum Gasteiger partial charge on any atom is -0.445 e. The van der Waals surface area contributed by atoms with E-state index in [1.807, 2.05) is 83.8 Å². The van der Waals surface area contributed by atoms with Gasteiger partial charge in [0.05, 0.1) is 0 Å². The van der Waals surface area contributed by atoms with Crippen LogP contribution in [0.4, 0.5) is 9.59 Å². The second-order valence-corrected chi connectivity index (χ2v) is 10.7. The summed E-state index contributed by atoms with van der Waals surface area (Å²) in [6.07, 6.45) is 8.61. The number of likely N-dealkylation sites (tertiary alicyclic amines) is 2. The Morgan fingerprint density at radius 3 is 1.62 bits per heavy atom. The SMILES string of the molecule is O=C(OCc1ccccc1)N1CCCC(C=Cc2ccccc2)C1.O=CC1CCCN(C(=O)OCc2ccccc2)C1. The number of hydrogen-bond acceptors (Lipinski definition) is 5. The topological polar surface area (TPSA) is 76.2 Å². The number of ether oxygens (including phenoxy) is 2. The van der Waals surface area contributed by atoms with Gasteiger partial charge in [0.25, 0.3) is 0 Å². The summed E-state index contributed by atoms with van der Waals surface area (Å²) in [5.41, 5.74) is 3.18. The molecule has 2 fully saturated rings. The van der Waals surface area contributed by atoms with Crippen LogP contribution in [-0.4, -0.2) is 54.5 Å². The molecule has 2 amide bonds. The Balaban J connectivity index is 0.000000201. The van der Waals surface area contributed by atoms with E-state index in [-0.39, 0.29) is 24.7 Å². The first-order chi connectivity index (χ1) is 20.6. The van der Waals surface area contributed by atoms with Crippen LogP contribution in [0.15, 0.2) is 97.1 Å². The molecule has 2 aliphatic rings. The maximum Gasteiger partial charge on any atom is 0.410 e. The Labute approximate surface area is 248 Å². The molecule has 3 aromatic carbocycles. The van der Waals surface area contributed by atoms with Crippen LogP contribution in [0.25, 0.3) is 6.08 Å². The molecule has 2 heterocycles. The highest BCUT2D eigenvalue weighted by Crippen LogP contribution is 2.20. The van der Waals surface area contributed by atoms with Crippen LogP contribution < -0.4 is 0 Å². The third-order valence-corrected chi connectivity index (χ3v) is 7.40. The van der Waals surface area contributed by atoms with E-state index in [2.05, 4.69) is 24.3 Å². The lowest BCUT2D eigenvalue weighted by Crippen LogP contribution is -2.40. The minimum atomic E-state index is -0.328. The number of nitrogens with zero attached hydrogens (tertiary/aromatic N) is 2. The van der Waals surface area contributed by atoms with Crippen LogP contribution in [0, 0.1) is 11.8 Å². The van der Waals surface area contributed by atoms with Crippen molar-refractivity contribution in [3.8, 4) is 0 Å². The molecule has 0 aliphatic carbocycles. The molecule has 0 saturated carbocycles. The highest BCUT2D eigenvalue weighted by molar-refractivity contribution is 5.69. The van der Waals surface area contributed by atoms with Crippen molar-refractivity contribution >= 4 is 24.5 Å². The lowest BCUT2D eigenvalue weighted by molar-refractivity contribution is -0.112. The number of piperidine rings is 2. The third kappa shape index (κ3) is 10.2. The van der Waals surface area contributed by atoms with Gasteiger partial charge in [-0.2, -0.15) is 0 Å². The zero-order valence-electron chi connectivity index (χ0n) is 24.1. The number of hydrogen-bond donors (Lipinski definition) is 0. The van der Waals surface area contributed by atoms with E-state index in [1.165, 1.54) is 5.56 Å². The van der Waals surface area contributed by atoms with Gasteiger partial charge in [0.2, 0.25) is 0 Å². The smallest absolute Gasteiger partial charge is 0.410 e. The maximum atomic E-state index is 12.3. The molecule has 0 aromatic heterocycles. The van der Waals surface area contributed by atoms with Crippen LogP contribution in [0.5, 0.6) is 0 Å². The average Bonchev–Trinajstić information content (AvgIpc) is 3.07. The summed E-state index contributed by atoms with van der Waals surface area (Å²) >= 11 is 0. The third-order valence-electron chi connectivity index (χ3n) is 7.40. The second kappa shape index (κ2) is 16.8. The Kier molecular flexibility index (Phi) is 12.2. The molecule has 7 heteroatoms. The molecule has 7 nitrogen and oxygen atoms in total. The summed E-state index contributed by atoms with van der Waals surface area (Å²) in [5, 5.41) is 0. The maximum absolute atomic E-state index is 12.3. The molecule has 42 heavy (non-hydrogen) atoms. The standard InChI is InChI=1S/C21H23NO2.C14H17NO3/c23-21(24-17-20-10-5-2-6-11-20)22-15-7-12-19(16-22)14-13-18-8-3-1-4-9-18;16-10-13-7-4-8-15(9-13)14(17)18-11-12-5-2-1-3-6-12/h1-6,8-11,13-14,19H,7,12,15-17H2;1-3,5-6,10,13H,4,7-9,11H2. The summed E-state index contributed by atoms with van der Waals surface area (Å²) in [6.45, 7) is 3.29. The van der Waals surface area contributed by atoms with Gasteiger partial charge >= 0.3 is 12.2 Å². The van der Waals surface area contributed by atoms with E-state index in [0.29, 0.717) is 25.6 Å². The van der Waals surface area contributed by atoms with Crippen LogP contribution in [-0.2, 0) is 27.5 Å². The predicted molar refractivity (Wildman–Crippen MR) is 163 cm³/mol. The van der Waals surface area contributed by atoms with Crippen LogP contribution in [0.1, 0.15) is 42.4 Å². The van der Waals surface area contributed by atoms with Gasteiger partial charge < -0.3 is 24.1 Å². The van der Waals surface area contributed by atoms with Crippen molar-refractivity contribution in [2.45, 2.75) is 38.9 Å². The Hall–Kier alpha value is -4.39. The minimum absolute atomic E-state index is 0.0389. The molecule has 2 aliphatic heterocycles. The molecule has 2 unspecified atom stereocenters. The molecule has 5 rings (SSSR count). The van der Waals surface area contributed by atoms with Gasteiger partial charge in [-0.15, -0.1) is 0 Å². The zero-order chi connectivity index (χ0) is 29.4. The largest absolute Gasteiger partial charge is 0.445 e. The van der Waals surface area contributed by atoms with Gasteiger partial charge in [-0.3, -0.25) is 0 Å². The lowest BCUT2D eigenvalue weighted by Gasteiger charge is -2.30. The Morgan fingerprint density at radius 2 is 1.12 bits per heavy atom. The summed E-state index contributed by atoms with van der Waals surface area (Å²) in [5.74, 6) is 0.353. The van der Waals surface area contributed by atoms with E-state index in [1.54, 1.807) is 4.90 Å². The number of aldehydes is 1. The molecule has 0 bridgehead atoms. The van der Waals surface area contributed by atoms with Crippen molar-refractivity contribution < 1.29 is 23.9 Å². The van der Waals surface area contributed by atoms with E-state index >= 15 is 0 Å². The zero-order valence-corrected chi connectivity index (χ0v) is 24.1. The molecular formula is C35H40N2O5. The van der Waals surface area contributed by atoms with Crippen molar-refractivity contribution in [1.29, 1.82) is 0 Å². The molecule has 0 N–H and O–H groups in total. The molecule has 2 atom stereocenters. The number of carbonyl (C=O) groups is 3. The van der Waals surface area contributed by atoms with Crippen LogP contribution in [0.3, 0.4) is 0 Å². The van der Waals surface area contributed by atoms with Crippen molar-refractivity contribution in [1.82, 2.24) is 9.80 Å². The van der Waals surface area contributed by atoms with E-state index < -0.39 is 0 Å². The fraction of sp³-hybridized carbons (Fsp3) is 0.343. The Morgan fingerprint density at radius 1 is 0.667 bits per heavy atom. The van der Waals surface area contributed by atoms with Crippen molar-refractivity contribution in [3.05, 3.63) is 114 Å². The van der Waals surface area contributed by atoms with Gasteiger partial charge in [-0.25, -0.2) is 9.59 Å². The van der Waals surface area contributed by atoms with E-state index in [4.69, 9.17) is 9.47 Å². The number of rotatable bonds is 7. The molecular weight excluding hydrogens is 528 g/mol. The van der Waals surface area contributed by atoms with E-state index in [0.717, 1.165) is 56.2 Å². The van der Waals surface area contributed by atoms with Crippen LogP contribution in [0.2, 0.25) is 0 Å². The monoisotopic (exact) mass is 568 g/mol. The van der Waals surface area contributed by atoms with Gasteiger partial charge in [0.15, 0.2) is 0 Å². The van der Waals surface area contributed by atoms with Gasteiger partial charge in [-0.05, 0) is 48.3 Å². The molecule has 0 radical (unpaired) electrons. The fourth-order valence-corrected chi connectivity index (χ4v) is 5.05. The normalized spacial score (nSPS) is 18.5. The second-order valence-electron chi connectivity index (χ2n) is 10.7. The summed E-state index contributed by atoms with van der Waals surface area (Å²) < 4.78 is 10.7. The van der Waals surface area contributed by atoms with Crippen molar-refractivity contribution in [2.75, 3.05) is 26.2 Å².